The SMILES string of the molecule is C=CCS(=O)(=O)c1cc2n(c1-c1ccc[nH]1)CCC2C(=O)O. The zero-order chi connectivity index (χ0) is 15.9. The zero-order valence-electron chi connectivity index (χ0n) is 11.8. The van der Waals surface area contributed by atoms with E-state index in [2.05, 4.69) is 11.6 Å². The summed E-state index contributed by atoms with van der Waals surface area (Å²) < 4.78 is 26.8. The Hall–Kier alpha value is -2.28. The van der Waals surface area contributed by atoms with Crippen LogP contribution in [0, 0.1) is 0 Å². The molecule has 6 nitrogen and oxygen atoms in total. The van der Waals surface area contributed by atoms with Gasteiger partial charge in [-0.3, -0.25) is 4.79 Å². The molecule has 2 aromatic heterocycles. The highest BCUT2D eigenvalue weighted by Crippen LogP contribution is 2.39. The van der Waals surface area contributed by atoms with Gasteiger partial charge in [0.25, 0.3) is 0 Å². The molecule has 3 rings (SSSR count). The van der Waals surface area contributed by atoms with Gasteiger partial charge in [0, 0.05) is 18.4 Å². The van der Waals surface area contributed by atoms with Crippen LogP contribution in [0.15, 0.2) is 41.9 Å². The molecule has 0 spiro atoms. The van der Waals surface area contributed by atoms with Gasteiger partial charge in [0.2, 0.25) is 0 Å². The first-order valence-electron chi connectivity index (χ1n) is 6.89. The number of sulfone groups is 1. The molecule has 1 atom stereocenters. The van der Waals surface area contributed by atoms with E-state index in [9.17, 15) is 18.3 Å². The van der Waals surface area contributed by atoms with E-state index in [4.69, 9.17) is 0 Å². The number of hydrogen-bond donors (Lipinski definition) is 2. The fourth-order valence-corrected chi connectivity index (χ4v) is 4.27. The lowest BCUT2D eigenvalue weighted by atomic mass is 10.1. The smallest absolute Gasteiger partial charge is 0.312 e. The predicted octanol–water partition coefficient (Wildman–Crippen LogP) is 2.01. The van der Waals surface area contributed by atoms with Crippen LogP contribution in [-0.4, -0.2) is 34.8 Å². The Morgan fingerprint density at radius 2 is 2.32 bits per heavy atom. The maximum absolute atomic E-state index is 12.5. The first kappa shape index (κ1) is 14.6. The molecule has 0 bridgehead atoms. The van der Waals surface area contributed by atoms with Crippen molar-refractivity contribution in [1.82, 2.24) is 9.55 Å². The van der Waals surface area contributed by atoms with Crippen LogP contribution < -0.4 is 0 Å². The highest BCUT2D eigenvalue weighted by molar-refractivity contribution is 7.91. The summed E-state index contributed by atoms with van der Waals surface area (Å²) in [5, 5.41) is 9.31. The highest BCUT2D eigenvalue weighted by Gasteiger charge is 2.35. The van der Waals surface area contributed by atoms with Crippen LogP contribution in [0.3, 0.4) is 0 Å². The molecule has 0 aliphatic carbocycles. The lowest BCUT2D eigenvalue weighted by molar-refractivity contribution is -0.138. The second-order valence-corrected chi connectivity index (χ2v) is 7.27. The minimum atomic E-state index is -3.55. The Balaban J connectivity index is 2.25. The molecule has 2 aromatic rings. The molecule has 3 heterocycles. The molecule has 22 heavy (non-hydrogen) atoms. The van der Waals surface area contributed by atoms with E-state index >= 15 is 0 Å². The van der Waals surface area contributed by atoms with Gasteiger partial charge in [-0.25, -0.2) is 8.42 Å². The van der Waals surface area contributed by atoms with Crippen LogP contribution in [-0.2, 0) is 21.2 Å². The highest BCUT2D eigenvalue weighted by atomic mass is 32.2. The lowest BCUT2D eigenvalue weighted by Gasteiger charge is -2.08. The average molecular weight is 320 g/mol. The number of nitrogens with one attached hydrogen (secondary N) is 1. The van der Waals surface area contributed by atoms with E-state index in [0.717, 1.165) is 0 Å². The Labute approximate surface area is 128 Å². The third kappa shape index (κ3) is 2.18. The normalized spacial score (nSPS) is 17.4. The van der Waals surface area contributed by atoms with Gasteiger partial charge < -0.3 is 14.7 Å². The van der Waals surface area contributed by atoms with Crippen molar-refractivity contribution < 1.29 is 18.3 Å². The maximum atomic E-state index is 12.5. The van der Waals surface area contributed by atoms with Gasteiger partial charge in [-0.1, -0.05) is 6.08 Å². The Morgan fingerprint density at radius 1 is 1.55 bits per heavy atom. The molecular weight excluding hydrogens is 304 g/mol. The van der Waals surface area contributed by atoms with E-state index in [-0.39, 0.29) is 10.6 Å². The molecule has 2 N–H and O–H groups in total. The van der Waals surface area contributed by atoms with Crippen molar-refractivity contribution in [3.05, 3.63) is 42.7 Å². The van der Waals surface area contributed by atoms with Crippen molar-refractivity contribution in [3.8, 4) is 11.4 Å². The molecule has 1 aliphatic rings. The Kier molecular flexibility index (Phi) is 3.44. The predicted molar refractivity (Wildman–Crippen MR) is 81.5 cm³/mol. The van der Waals surface area contributed by atoms with Crippen molar-refractivity contribution in [2.24, 2.45) is 0 Å². The lowest BCUT2D eigenvalue weighted by Crippen LogP contribution is -2.08. The molecule has 7 heteroatoms. The van der Waals surface area contributed by atoms with Gasteiger partial charge in [-0.15, -0.1) is 6.58 Å². The van der Waals surface area contributed by atoms with Crippen molar-refractivity contribution >= 4 is 15.8 Å². The fraction of sp³-hybridized carbons (Fsp3) is 0.267. The molecule has 0 fully saturated rings. The largest absolute Gasteiger partial charge is 0.481 e. The topological polar surface area (TPSA) is 92.2 Å². The van der Waals surface area contributed by atoms with E-state index in [0.29, 0.717) is 30.0 Å². The average Bonchev–Trinajstić information content (AvgIpc) is 3.13. The number of hydrogen-bond acceptors (Lipinski definition) is 3. The van der Waals surface area contributed by atoms with Crippen molar-refractivity contribution in [2.75, 3.05) is 5.75 Å². The van der Waals surface area contributed by atoms with Crippen molar-refractivity contribution in [1.29, 1.82) is 0 Å². The van der Waals surface area contributed by atoms with Crippen LogP contribution in [0.4, 0.5) is 0 Å². The monoisotopic (exact) mass is 320 g/mol. The molecule has 0 saturated heterocycles. The third-order valence-corrected chi connectivity index (χ3v) is 5.57. The quantitative estimate of drug-likeness (QED) is 0.824. The number of carboxylic acid groups (broad SMARTS) is 1. The summed E-state index contributed by atoms with van der Waals surface area (Å²) in [5.74, 6) is -1.77. The van der Waals surface area contributed by atoms with Crippen molar-refractivity contribution in [2.45, 2.75) is 23.8 Å². The van der Waals surface area contributed by atoms with Gasteiger partial charge >= 0.3 is 5.97 Å². The summed E-state index contributed by atoms with van der Waals surface area (Å²) in [6, 6.07) is 5.06. The number of aliphatic carboxylic acids is 1. The summed E-state index contributed by atoms with van der Waals surface area (Å²) in [6.07, 6.45) is 3.52. The number of rotatable bonds is 5. The number of aromatic amines is 1. The minimum Gasteiger partial charge on any atom is -0.481 e. The molecule has 1 unspecified atom stereocenters. The van der Waals surface area contributed by atoms with E-state index in [1.54, 1.807) is 22.9 Å². The number of aromatic nitrogens is 2. The van der Waals surface area contributed by atoms with Crippen LogP contribution in [0.1, 0.15) is 18.0 Å². The number of H-pyrrole nitrogens is 1. The van der Waals surface area contributed by atoms with Gasteiger partial charge in [0.05, 0.1) is 28.0 Å². The van der Waals surface area contributed by atoms with Gasteiger partial charge in [-0.05, 0) is 24.6 Å². The van der Waals surface area contributed by atoms with E-state index in [1.807, 2.05) is 0 Å². The summed E-state index contributed by atoms with van der Waals surface area (Å²) in [7, 11) is -3.55. The standard InChI is InChI=1S/C15H16N2O4S/c1-2-8-22(20,21)13-9-12-10(15(18)19)5-7-17(12)14(13)11-4-3-6-16-11/h2-4,6,9-10,16H,1,5,7-8H2,(H,18,19). The van der Waals surface area contributed by atoms with Gasteiger partial charge in [0.15, 0.2) is 9.84 Å². The van der Waals surface area contributed by atoms with Crippen LogP contribution >= 0.6 is 0 Å². The Morgan fingerprint density at radius 3 is 2.91 bits per heavy atom. The molecule has 0 amide bonds. The summed E-state index contributed by atoms with van der Waals surface area (Å²) in [5.41, 5.74) is 1.74. The zero-order valence-corrected chi connectivity index (χ0v) is 12.6. The number of carbonyl (C=O) groups is 1. The first-order valence-corrected chi connectivity index (χ1v) is 8.54. The van der Waals surface area contributed by atoms with Crippen LogP contribution in [0.5, 0.6) is 0 Å². The Bertz CT molecular complexity index is 831. The second-order valence-electron chi connectivity index (χ2n) is 5.27. The molecule has 0 radical (unpaired) electrons. The second kappa shape index (κ2) is 5.17. The number of fused-ring (bicyclic) bond motifs is 1. The number of nitrogens with zero attached hydrogens (tertiary/aromatic N) is 1. The van der Waals surface area contributed by atoms with Crippen LogP contribution in [0.25, 0.3) is 11.4 Å². The first-order chi connectivity index (χ1) is 10.5. The van der Waals surface area contributed by atoms with Gasteiger partial charge in [0.1, 0.15) is 0 Å². The van der Waals surface area contributed by atoms with E-state index in [1.165, 1.54) is 12.1 Å². The summed E-state index contributed by atoms with van der Waals surface area (Å²) in [6.45, 7) is 3.97. The molecule has 1 aliphatic heterocycles. The summed E-state index contributed by atoms with van der Waals surface area (Å²) in [4.78, 5) is 14.5. The van der Waals surface area contributed by atoms with Crippen LogP contribution in [0.2, 0.25) is 0 Å². The molecule has 116 valence electrons. The van der Waals surface area contributed by atoms with Crippen molar-refractivity contribution in [3.63, 3.8) is 0 Å². The summed E-state index contributed by atoms with van der Waals surface area (Å²) >= 11 is 0. The van der Waals surface area contributed by atoms with E-state index < -0.39 is 21.7 Å². The molecule has 0 aromatic carbocycles. The molecular formula is C15H16N2O4S. The minimum absolute atomic E-state index is 0.163. The third-order valence-electron chi connectivity index (χ3n) is 3.92. The fourth-order valence-electron chi connectivity index (χ4n) is 2.97. The number of carboxylic acids is 1. The maximum Gasteiger partial charge on any atom is 0.312 e. The molecule has 0 saturated carbocycles. The van der Waals surface area contributed by atoms with Gasteiger partial charge in [-0.2, -0.15) is 0 Å².